The van der Waals surface area contributed by atoms with Crippen LogP contribution in [0.4, 0.5) is 10.6 Å². The number of ether oxygens (including phenoxy) is 1. The summed E-state index contributed by atoms with van der Waals surface area (Å²) in [7, 11) is 1.62. The van der Waals surface area contributed by atoms with E-state index in [-0.39, 0.29) is 12.1 Å². The van der Waals surface area contributed by atoms with Gasteiger partial charge in [-0.1, -0.05) is 6.92 Å². The minimum atomic E-state index is -0.267. The highest BCUT2D eigenvalue weighted by molar-refractivity contribution is 5.89. The first-order valence-electron chi connectivity index (χ1n) is 8.83. The van der Waals surface area contributed by atoms with E-state index in [4.69, 9.17) is 4.74 Å². The summed E-state index contributed by atoms with van der Waals surface area (Å²) in [6.07, 6.45) is 6.15. The van der Waals surface area contributed by atoms with Crippen molar-refractivity contribution in [1.29, 1.82) is 0 Å². The fourth-order valence-electron chi connectivity index (χ4n) is 2.77. The maximum Gasteiger partial charge on any atom is 0.320 e. The summed E-state index contributed by atoms with van der Waals surface area (Å²) in [5.74, 6) is 1.37. The van der Waals surface area contributed by atoms with Gasteiger partial charge in [-0.15, -0.1) is 0 Å². The molecule has 0 saturated heterocycles. The fourth-order valence-corrected chi connectivity index (χ4v) is 2.77. The molecular formula is C19H24N6O2. The van der Waals surface area contributed by atoms with Crippen LogP contribution in [-0.2, 0) is 6.54 Å². The lowest BCUT2D eigenvalue weighted by molar-refractivity contribution is 0.246. The van der Waals surface area contributed by atoms with Crippen molar-refractivity contribution in [2.24, 2.45) is 0 Å². The topological polar surface area (TPSA) is 86.0 Å². The minimum Gasteiger partial charge on any atom is -0.497 e. The average molecular weight is 368 g/mol. The third-order valence-electron chi connectivity index (χ3n) is 4.21. The Morgan fingerprint density at radius 2 is 2.07 bits per heavy atom. The van der Waals surface area contributed by atoms with Crippen LogP contribution in [0.5, 0.6) is 5.75 Å². The number of nitrogens with zero attached hydrogens (tertiary/aromatic N) is 4. The number of aryl methyl sites for hydroxylation is 1. The number of hydrogen-bond donors (Lipinski definition) is 2. The number of imidazole rings is 1. The zero-order chi connectivity index (χ0) is 19.2. The first-order chi connectivity index (χ1) is 13.1. The van der Waals surface area contributed by atoms with Crippen LogP contribution >= 0.6 is 0 Å². The highest BCUT2D eigenvalue weighted by Crippen LogP contribution is 2.20. The van der Waals surface area contributed by atoms with E-state index < -0.39 is 0 Å². The molecule has 2 amide bonds. The number of anilines is 1. The van der Waals surface area contributed by atoms with Crippen LogP contribution < -0.4 is 15.4 Å². The van der Waals surface area contributed by atoms with Gasteiger partial charge in [0.15, 0.2) is 0 Å². The number of carbonyl (C=O) groups excluding carboxylic acids is 1. The van der Waals surface area contributed by atoms with E-state index in [0.717, 1.165) is 23.6 Å². The van der Waals surface area contributed by atoms with Gasteiger partial charge in [-0.25, -0.2) is 14.5 Å². The molecule has 8 heteroatoms. The van der Waals surface area contributed by atoms with E-state index in [1.54, 1.807) is 24.3 Å². The largest absolute Gasteiger partial charge is 0.497 e. The summed E-state index contributed by atoms with van der Waals surface area (Å²) in [4.78, 5) is 16.5. The second kappa shape index (κ2) is 8.39. The van der Waals surface area contributed by atoms with Gasteiger partial charge in [0.2, 0.25) is 0 Å². The molecule has 0 aliphatic carbocycles. The molecule has 0 spiro atoms. The Hall–Kier alpha value is -3.29. The van der Waals surface area contributed by atoms with Gasteiger partial charge < -0.3 is 14.6 Å². The predicted octanol–water partition coefficient (Wildman–Crippen LogP) is 2.99. The van der Waals surface area contributed by atoms with Crippen molar-refractivity contribution in [2.45, 2.75) is 32.9 Å². The highest BCUT2D eigenvalue weighted by atomic mass is 16.5. The van der Waals surface area contributed by atoms with E-state index in [9.17, 15) is 4.79 Å². The van der Waals surface area contributed by atoms with Crippen LogP contribution in [0.15, 0.2) is 49.1 Å². The lowest BCUT2D eigenvalue weighted by Gasteiger charge is -2.18. The summed E-state index contributed by atoms with van der Waals surface area (Å²) >= 11 is 0. The van der Waals surface area contributed by atoms with Crippen molar-refractivity contribution in [3.63, 3.8) is 0 Å². The normalized spacial score (nSPS) is 11.8. The Morgan fingerprint density at radius 3 is 2.70 bits per heavy atom. The molecular weight excluding hydrogens is 344 g/mol. The maximum absolute atomic E-state index is 12.5. The molecule has 2 heterocycles. The average Bonchev–Trinajstić information content (AvgIpc) is 3.30. The number of rotatable bonds is 7. The molecule has 0 aliphatic heterocycles. The molecule has 3 aromatic rings. The zero-order valence-electron chi connectivity index (χ0n) is 15.7. The molecule has 0 radical (unpaired) electrons. The van der Waals surface area contributed by atoms with Crippen molar-refractivity contribution >= 4 is 11.8 Å². The van der Waals surface area contributed by atoms with Gasteiger partial charge in [0.25, 0.3) is 0 Å². The third-order valence-corrected chi connectivity index (χ3v) is 4.21. The minimum absolute atomic E-state index is 0.00217. The van der Waals surface area contributed by atoms with E-state index in [1.807, 2.05) is 54.9 Å². The van der Waals surface area contributed by atoms with E-state index in [1.165, 1.54) is 0 Å². The van der Waals surface area contributed by atoms with E-state index >= 15 is 0 Å². The number of amides is 2. The van der Waals surface area contributed by atoms with E-state index in [0.29, 0.717) is 12.4 Å². The Labute approximate surface area is 158 Å². The predicted molar refractivity (Wildman–Crippen MR) is 103 cm³/mol. The SMILES string of the molecule is CC[C@@H](Cn1ccnc1)NC(=O)Nc1cc(C)nn1-c1ccc(OC)cc1. The Bertz CT molecular complexity index is 870. The lowest BCUT2D eigenvalue weighted by Crippen LogP contribution is -2.40. The Morgan fingerprint density at radius 1 is 1.30 bits per heavy atom. The van der Waals surface area contributed by atoms with Crippen molar-refractivity contribution in [3.05, 3.63) is 54.7 Å². The summed E-state index contributed by atoms with van der Waals surface area (Å²) < 4.78 is 8.83. The van der Waals surface area contributed by atoms with Gasteiger partial charge in [0, 0.05) is 31.0 Å². The maximum atomic E-state index is 12.5. The molecule has 0 aliphatic rings. The molecule has 1 atom stereocenters. The molecule has 0 unspecified atom stereocenters. The van der Waals surface area contributed by atoms with Gasteiger partial charge in [-0.3, -0.25) is 5.32 Å². The molecule has 3 rings (SSSR count). The van der Waals surface area contributed by atoms with Gasteiger partial charge in [-0.05, 0) is 37.6 Å². The van der Waals surface area contributed by atoms with Crippen molar-refractivity contribution in [3.8, 4) is 11.4 Å². The highest BCUT2D eigenvalue weighted by Gasteiger charge is 2.14. The molecule has 0 fully saturated rings. The number of aromatic nitrogens is 4. The Balaban J connectivity index is 1.70. The number of methoxy groups -OCH3 is 1. The third kappa shape index (κ3) is 4.66. The van der Waals surface area contributed by atoms with Gasteiger partial charge in [0.05, 0.1) is 24.8 Å². The van der Waals surface area contributed by atoms with Gasteiger partial charge in [0.1, 0.15) is 11.6 Å². The van der Waals surface area contributed by atoms with Crippen LogP contribution in [0.3, 0.4) is 0 Å². The van der Waals surface area contributed by atoms with Gasteiger partial charge in [-0.2, -0.15) is 5.10 Å². The summed E-state index contributed by atoms with van der Waals surface area (Å²) in [5, 5.41) is 10.4. The molecule has 1 aromatic carbocycles. The first kappa shape index (κ1) is 18.5. The fraction of sp³-hybridized carbons (Fsp3) is 0.316. The van der Waals surface area contributed by atoms with E-state index in [2.05, 4.69) is 20.7 Å². The standard InChI is InChI=1S/C19H24N6O2/c1-4-15(12-24-10-9-20-13-24)21-19(26)22-18-11-14(2)23-25(18)16-5-7-17(27-3)8-6-16/h5-11,13,15H,4,12H2,1-3H3,(H2,21,22,26)/t15-/m0/s1. The summed E-state index contributed by atoms with van der Waals surface area (Å²) in [6, 6.07) is 9.06. The molecule has 2 N–H and O–H groups in total. The monoisotopic (exact) mass is 368 g/mol. The zero-order valence-corrected chi connectivity index (χ0v) is 15.7. The molecule has 27 heavy (non-hydrogen) atoms. The lowest BCUT2D eigenvalue weighted by atomic mass is 10.2. The van der Waals surface area contributed by atoms with Crippen LogP contribution in [0, 0.1) is 6.92 Å². The molecule has 142 valence electrons. The number of hydrogen-bond acceptors (Lipinski definition) is 4. The van der Waals surface area contributed by atoms with Crippen LogP contribution in [-0.4, -0.2) is 38.5 Å². The van der Waals surface area contributed by atoms with Crippen molar-refractivity contribution in [2.75, 3.05) is 12.4 Å². The van der Waals surface area contributed by atoms with Crippen LogP contribution in [0.25, 0.3) is 5.69 Å². The first-order valence-corrected chi connectivity index (χ1v) is 8.83. The van der Waals surface area contributed by atoms with Crippen LogP contribution in [0.2, 0.25) is 0 Å². The number of nitrogens with one attached hydrogen (secondary N) is 2. The number of carbonyl (C=O) groups is 1. The molecule has 0 bridgehead atoms. The van der Waals surface area contributed by atoms with Crippen molar-refractivity contribution < 1.29 is 9.53 Å². The summed E-state index contributed by atoms with van der Waals surface area (Å²) in [6.45, 7) is 4.59. The summed E-state index contributed by atoms with van der Waals surface area (Å²) in [5.41, 5.74) is 1.65. The Kier molecular flexibility index (Phi) is 5.75. The number of urea groups is 1. The van der Waals surface area contributed by atoms with Gasteiger partial charge >= 0.3 is 6.03 Å². The molecule has 8 nitrogen and oxygen atoms in total. The number of benzene rings is 1. The smallest absolute Gasteiger partial charge is 0.320 e. The van der Waals surface area contributed by atoms with Crippen LogP contribution in [0.1, 0.15) is 19.0 Å². The molecule has 2 aromatic heterocycles. The quantitative estimate of drug-likeness (QED) is 0.671. The van der Waals surface area contributed by atoms with Crippen molar-refractivity contribution in [1.82, 2.24) is 24.6 Å². The second-order valence-corrected chi connectivity index (χ2v) is 6.24. The second-order valence-electron chi connectivity index (χ2n) is 6.24. The molecule has 0 saturated carbocycles.